The molecule has 2 rings (SSSR count). The summed E-state index contributed by atoms with van der Waals surface area (Å²) in [6, 6.07) is 14.0. The summed E-state index contributed by atoms with van der Waals surface area (Å²) in [4.78, 5) is 37.7. The van der Waals surface area contributed by atoms with Gasteiger partial charge in [-0.2, -0.15) is 0 Å². The van der Waals surface area contributed by atoms with Crippen LogP contribution in [-0.2, 0) is 16.2 Å². The van der Waals surface area contributed by atoms with E-state index in [0.29, 0.717) is 48.9 Å². The first-order valence-electron chi connectivity index (χ1n) is 10.3. The van der Waals surface area contributed by atoms with Crippen LogP contribution in [0.5, 0.6) is 5.75 Å². The Morgan fingerprint density at radius 1 is 0.903 bits per heavy atom. The van der Waals surface area contributed by atoms with Gasteiger partial charge in [0.2, 0.25) is 11.8 Å². The maximum Gasteiger partial charge on any atom is 0.269 e. The van der Waals surface area contributed by atoms with Crippen molar-refractivity contribution in [1.82, 2.24) is 15.8 Å². The predicted molar refractivity (Wildman–Crippen MR) is 120 cm³/mol. The number of amides is 3. The zero-order valence-electron chi connectivity index (χ0n) is 17.8. The second-order valence-corrected chi connectivity index (χ2v) is 7.30. The van der Waals surface area contributed by atoms with Crippen LogP contribution in [0.4, 0.5) is 0 Å². The number of ether oxygens (including phenoxy) is 1. The van der Waals surface area contributed by atoms with E-state index in [9.17, 15) is 14.4 Å². The molecule has 0 heterocycles. The van der Waals surface area contributed by atoms with Gasteiger partial charge in [-0.15, -0.1) is 0 Å². The zero-order chi connectivity index (χ0) is 22.6. The summed E-state index contributed by atoms with van der Waals surface area (Å²) >= 11 is 5.85. The molecule has 0 unspecified atom stereocenters. The van der Waals surface area contributed by atoms with Crippen molar-refractivity contribution in [2.75, 3.05) is 13.1 Å². The maximum atomic E-state index is 12.2. The number of hydrogen-bond acceptors (Lipinski definition) is 4. The van der Waals surface area contributed by atoms with E-state index >= 15 is 0 Å². The van der Waals surface area contributed by atoms with E-state index in [-0.39, 0.29) is 18.2 Å². The van der Waals surface area contributed by atoms with Gasteiger partial charge in [0, 0.05) is 36.5 Å². The molecule has 0 radical (unpaired) electrons. The molecule has 8 heteroatoms. The fourth-order valence-corrected chi connectivity index (χ4v) is 2.97. The number of hydrazine groups is 1. The highest BCUT2D eigenvalue weighted by atomic mass is 35.5. The molecule has 0 atom stereocenters. The van der Waals surface area contributed by atoms with Gasteiger partial charge in [-0.05, 0) is 62.2 Å². The van der Waals surface area contributed by atoms with Gasteiger partial charge < -0.3 is 9.64 Å². The normalized spacial score (nSPS) is 10.3. The highest BCUT2D eigenvalue weighted by Gasteiger charge is 2.11. The summed E-state index contributed by atoms with van der Waals surface area (Å²) in [6.45, 7) is 5.51. The van der Waals surface area contributed by atoms with Crippen LogP contribution in [0, 0.1) is 0 Å². The van der Waals surface area contributed by atoms with Gasteiger partial charge in [-0.1, -0.05) is 23.7 Å². The summed E-state index contributed by atoms with van der Waals surface area (Å²) in [7, 11) is 0. The molecule has 2 aromatic carbocycles. The monoisotopic (exact) mass is 445 g/mol. The van der Waals surface area contributed by atoms with E-state index in [1.165, 1.54) is 0 Å². The minimum atomic E-state index is -0.419. The summed E-state index contributed by atoms with van der Waals surface area (Å²) in [5, 5.41) is 0.642. The van der Waals surface area contributed by atoms with E-state index in [0.717, 1.165) is 5.56 Å². The first-order valence-corrected chi connectivity index (χ1v) is 10.6. The molecule has 0 aliphatic carbocycles. The molecule has 166 valence electrons. The largest absolute Gasteiger partial charge is 0.489 e. The van der Waals surface area contributed by atoms with Gasteiger partial charge in [-0.3, -0.25) is 25.2 Å². The molecule has 0 saturated heterocycles. The highest BCUT2D eigenvalue weighted by Crippen LogP contribution is 2.17. The number of halogens is 1. The maximum absolute atomic E-state index is 12.2. The van der Waals surface area contributed by atoms with E-state index in [4.69, 9.17) is 16.3 Å². The minimum Gasteiger partial charge on any atom is -0.489 e. The summed E-state index contributed by atoms with van der Waals surface area (Å²) < 4.78 is 5.67. The van der Waals surface area contributed by atoms with Crippen molar-refractivity contribution >= 4 is 29.3 Å². The van der Waals surface area contributed by atoms with Gasteiger partial charge in [0.05, 0.1) is 0 Å². The molecular weight excluding hydrogens is 418 g/mol. The third-order valence-corrected chi connectivity index (χ3v) is 4.91. The smallest absolute Gasteiger partial charge is 0.269 e. The van der Waals surface area contributed by atoms with Crippen molar-refractivity contribution in [2.45, 2.75) is 39.7 Å². The van der Waals surface area contributed by atoms with Gasteiger partial charge in [0.15, 0.2) is 0 Å². The number of nitrogens with zero attached hydrogens (tertiary/aromatic N) is 1. The summed E-state index contributed by atoms with van der Waals surface area (Å²) in [6.07, 6.45) is 0.899. The van der Waals surface area contributed by atoms with Crippen molar-refractivity contribution in [2.24, 2.45) is 0 Å². The second-order valence-electron chi connectivity index (χ2n) is 6.86. The molecule has 0 spiro atoms. The number of rotatable bonds is 10. The lowest BCUT2D eigenvalue weighted by atomic mass is 10.1. The van der Waals surface area contributed by atoms with Crippen LogP contribution in [0.3, 0.4) is 0 Å². The summed E-state index contributed by atoms with van der Waals surface area (Å²) in [5.41, 5.74) is 6.07. The zero-order valence-corrected chi connectivity index (χ0v) is 18.6. The van der Waals surface area contributed by atoms with Crippen LogP contribution in [-0.4, -0.2) is 35.7 Å². The predicted octanol–water partition coefficient (Wildman–Crippen LogP) is 3.72. The van der Waals surface area contributed by atoms with Crippen LogP contribution < -0.4 is 15.6 Å². The van der Waals surface area contributed by atoms with E-state index in [1.807, 2.05) is 13.8 Å². The van der Waals surface area contributed by atoms with E-state index < -0.39 is 5.91 Å². The number of carbonyl (C=O) groups excluding carboxylic acids is 3. The fourth-order valence-electron chi connectivity index (χ4n) is 2.85. The van der Waals surface area contributed by atoms with Crippen molar-refractivity contribution in [3.63, 3.8) is 0 Å². The topological polar surface area (TPSA) is 87.7 Å². The molecule has 0 aromatic heterocycles. The number of nitrogens with one attached hydrogen (secondary N) is 2. The summed E-state index contributed by atoms with van der Waals surface area (Å²) in [5.74, 6) is -0.0267. The van der Waals surface area contributed by atoms with Gasteiger partial charge in [0.1, 0.15) is 12.4 Å². The molecule has 7 nitrogen and oxygen atoms in total. The van der Waals surface area contributed by atoms with Crippen LogP contribution in [0.2, 0.25) is 5.02 Å². The average Bonchev–Trinajstić information content (AvgIpc) is 2.78. The Bertz CT molecular complexity index is 865. The average molecular weight is 446 g/mol. The first kappa shape index (κ1) is 24.2. The van der Waals surface area contributed by atoms with Crippen molar-refractivity contribution < 1.29 is 19.1 Å². The van der Waals surface area contributed by atoms with Crippen LogP contribution in [0.25, 0.3) is 0 Å². The standard InChI is InChI=1S/C23H28ClN3O4/c1-3-27(4-2)22(29)7-5-6-21(28)25-26-23(30)18-10-8-17(9-11-18)16-31-20-14-12-19(24)13-15-20/h8-15H,3-7,16H2,1-2H3,(H,25,28)(H,26,30). The highest BCUT2D eigenvalue weighted by molar-refractivity contribution is 6.30. The van der Waals surface area contributed by atoms with Gasteiger partial charge >= 0.3 is 0 Å². The van der Waals surface area contributed by atoms with Crippen LogP contribution >= 0.6 is 11.6 Å². The minimum absolute atomic E-state index is 0.0296. The Morgan fingerprint density at radius 2 is 1.55 bits per heavy atom. The van der Waals surface area contributed by atoms with Crippen molar-refractivity contribution in [1.29, 1.82) is 0 Å². The van der Waals surface area contributed by atoms with Crippen LogP contribution in [0.1, 0.15) is 49.0 Å². The second kappa shape index (κ2) is 12.6. The van der Waals surface area contributed by atoms with Gasteiger partial charge in [0.25, 0.3) is 5.91 Å². The number of hydrogen-bond donors (Lipinski definition) is 2. The molecule has 2 N–H and O–H groups in total. The molecule has 0 saturated carbocycles. The number of carbonyl (C=O) groups is 3. The van der Waals surface area contributed by atoms with Gasteiger partial charge in [-0.25, -0.2) is 0 Å². The Kier molecular flexibility index (Phi) is 9.84. The Balaban J connectivity index is 1.71. The Hall–Kier alpha value is -3.06. The molecule has 31 heavy (non-hydrogen) atoms. The molecule has 0 aliphatic rings. The molecular formula is C23H28ClN3O4. The molecule has 0 bridgehead atoms. The molecule has 0 aliphatic heterocycles. The Labute approximate surface area is 187 Å². The van der Waals surface area contributed by atoms with E-state index in [1.54, 1.807) is 53.4 Å². The lowest BCUT2D eigenvalue weighted by molar-refractivity contribution is -0.131. The first-order chi connectivity index (χ1) is 14.9. The SMILES string of the molecule is CCN(CC)C(=O)CCCC(=O)NNC(=O)c1ccc(COc2ccc(Cl)cc2)cc1. The van der Waals surface area contributed by atoms with Crippen LogP contribution in [0.15, 0.2) is 48.5 Å². The molecule has 2 aromatic rings. The van der Waals surface area contributed by atoms with Crippen molar-refractivity contribution in [3.05, 3.63) is 64.7 Å². The quantitative estimate of drug-likeness (QED) is 0.545. The lowest BCUT2D eigenvalue weighted by Crippen LogP contribution is -2.41. The number of benzene rings is 2. The molecule has 3 amide bonds. The third-order valence-electron chi connectivity index (χ3n) is 4.66. The lowest BCUT2D eigenvalue weighted by Gasteiger charge is -2.18. The van der Waals surface area contributed by atoms with E-state index in [2.05, 4.69) is 10.9 Å². The molecule has 0 fully saturated rings. The third kappa shape index (κ3) is 8.30. The van der Waals surface area contributed by atoms with Crippen molar-refractivity contribution in [3.8, 4) is 5.75 Å². The fraction of sp³-hybridized carbons (Fsp3) is 0.348. The Morgan fingerprint density at radius 3 is 2.16 bits per heavy atom.